The van der Waals surface area contributed by atoms with E-state index in [1.807, 2.05) is 0 Å². The summed E-state index contributed by atoms with van der Waals surface area (Å²) in [6, 6.07) is 1.87. The van der Waals surface area contributed by atoms with E-state index < -0.39 is 23.9 Å². The summed E-state index contributed by atoms with van der Waals surface area (Å²) in [6.45, 7) is 1.31. The lowest BCUT2D eigenvalue weighted by Crippen LogP contribution is -2.13. The van der Waals surface area contributed by atoms with Crippen molar-refractivity contribution < 1.29 is 22.0 Å². The second-order valence-corrected chi connectivity index (χ2v) is 2.69. The highest BCUT2D eigenvalue weighted by atomic mass is 19.4. The van der Waals surface area contributed by atoms with Gasteiger partial charge in [0.1, 0.15) is 0 Å². The third-order valence-electron chi connectivity index (χ3n) is 1.57. The number of hydrogen-bond acceptors (Lipinski definition) is 1. The topological polar surface area (TPSA) is 12.9 Å². The zero-order valence-electron chi connectivity index (χ0n) is 7.07. The summed E-state index contributed by atoms with van der Waals surface area (Å²) >= 11 is 0. The van der Waals surface area contributed by atoms with Crippen LogP contribution in [0, 0.1) is 6.92 Å². The molecule has 0 unspecified atom stereocenters. The first kappa shape index (κ1) is 10.9. The van der Waals surface area contributed by atoms with Crippen molar-refractivity contribution in [3.8, 4) is 0 Å². The minimum Gasteiger partial charge on any atom is -0.248 e. The van der Waals surface area contributed by atoms with Gasteiger partial charge in [-0.25, -0.2) is 13.8 Å². The summed E-state index contributed by atoms with van der Waals surface area (Å²) in [5.41, 5.74) is -2.53. The second-order valence-electron chi connectivity index (χ2n) is 2.69. The van der Waals surface area contributed by atoms with Crippen molar-refractivity contribution in [1.82, 2.24) is 4.98 Å². The van der Waals surface area contributed by atoms with Crippen LogP contribution in [0.5, 0.6) is 0 Å². The lowest BCUT2D eigenvalue weighted by atomic mass is 10.2. The Morgan fingerprint density at radius 3 is 2.21 bits per heavy atom. The molecule has 1 rings (SSSR count). The third kappa shape index (κ3) is 2.18. The number of rotatable bonds is 1. The summed E-state index contributed by atoms with van der Waals surface area (Å²) in [5.74, 6) is 0. The van der Waals surface area contributed by atoms with Gasteiger partial charge in [0, 0.05) is 11.3 Å². The largest absolute Gasteiger partial charge is 0.433 e. The molecule has 1 heterocycles. The zero-order chi connectivity index (χ0) is 10.9. The van der Waals surface area contributed by atoms with Crippen molar-refractivity contribution in [2.75, 3.05) is 0 Å². The summed E-state index contributed by atoms with van der Waals surface area (Å²) in [4.78, 5) is 3.06. The third-order valence-corrected chi connectivity index (χ3v) is 1.57. The van der Waals surface area contributed by atoms with Crippen LogP contribution in [0.3, 0.4) is 0 Å². The Bertz CT molecular complexity index is 331. The normalized spacial score (nSPS) is 12.2. The number of halogens is 5. The number of nitrogens with zero attached hydrogens (tertiary/aromatic N) is 1. The molecular weight excluding hydrogens is 205 g/mol. The summed E-state index contributed by atoms with van der Waals surface area (Å²) < 4.78 is 60.9. The molecule has 0 bridgehead atoms. The molecule has 0 atom stereocenters. The summed E-state index contributed by atoms with van der Waals surface area (Å²) in [5, 5.41) is 0. The van der Waals surface area contributed by atoms with Crippen LogP contribution in [-0.2, 0) is 6.18 Å². The fourth-order valence-corrected chi connectivity index (χ4v) is 0.971. The maximum atomic E-state index is 12.2. The average molecular weight is 211 g/mol. The Kier molecular flexibility index (Phi) is 2.73. The number of hydrogen-bond donors (Lipinski definition) is 0. The van der Waals surface area contributed by atoms with E-state index in [2.05, 4.69) is 4.98 Å². The molecule has 0 aliphatic rings. The highest BCUT2D eigenvalue weighted by Gasteiger charge is 2.37. The quantitative estimate of drug-likeness (QED) is 0.649. The first-order valence-corrected chi connectivity index (χ1v) is 3.65. The molecular formula is C8H6F5N. The minimum atomic E-state index is -4.84. The van der Waals surface area contributed by atoms with Gasteiger partial charge in [0.2, 0.25) is 0 Å². The number of aryl methyl sites for hydroxylation is 1. The summed E-state index contributed by atoms with van der Waals surface area (Å²) in [6.07, 6.45) is -8.00. The van der Waals surface area contributed by atoms with E-state index in [-0.39, 0.29) is 5.69 Å². The van der Waals surface area contributed by atoms with Crippen LogP contribution in [0.15, 0.2) is 12.1 Å². The van der Waals surface area contributed by atoms with Crippen LogP contribution in [0.2, 0.25) is 0 Å². The van der Waals surface area contributed by atoms with E-state index in [0.29, 0.717) is 0 Å². The minimum absolute atomic E-state index is 0.0572. The van der Waals surface area contributed by atoms with Gasteiger partial charge in [-0.2, -0.15) is 13.2 Å². The first-order chi connectivity index (χ1) is 6.32. The fraction of sp³-hybridized carbons (Fsp3) is 0.375. The average Bonchev–Trinajstić information content (AvgIpc) is 2.01. The monoisotopic (exact) mass is 211 g/mol. The number of pyridine rings is 1. The zero-order valence-corrected chi connectivity index (χ0v) is 7.07. The molecule has 0 saturated carbocycles. The van der Waals surface area contributed by atoms with Gasteiger partial charge >= 0.3 is 6.18 Å². The smallest absolute Gasteiger partial charge is 0.248 e. The van der Waals surface area contributed by atoms with Gasteiger partial charge in [-0.05, 0) is 19.1 Å². The lowest BCUT2D eigenvalue weighted by Gasteiger charge is -2.11. The Balaban J connectivity index is 3.30. The van der Waals surface area contributed by atoms with Gasteiger partial charge in [0.25, 0.3) is 6.43 Å². The predicted molar refractivity (Wildman–Crippen MR) is 38.9 cm³/mol. The maximum Gasteiger partial charge on any atom is 0.433 e. The van der Waals surface area contributed by atoms with Crippen molar-refractivity contribution in [2.24, 2.45) is 0 Å². The molecule has 0 aliphatic heterocycles. The molecule has 1 aromatic rings. The molecule has 0 aromatic carbocycles. The van der Waals surface area contributed by atoms with Crippen LogP contribution in [0.4, 0.5) is 22.0 Å². The van der Waals surface area contributed by atoms with E-state index in [1.165, 1.54) is 6.92 Å². The van der Waals surface area contributed by atoms with E-state index in [9.17, 15) is 22.0 Å². The van der Waals surface area contributed by atoms with Crippen molar-refractivity contribution in [3.05, 3.63) is 29.1 Å². The maximum absolute atomic E-state index is 12.2. The number of aromatic nitrogens is 1. The summed E-state index contributed by atoms with van der Waals surface area (Å²) in [7, 11) is 0. The van der Waals surface area contributed by atoms with Crippen LogP contribution in [0.1, 0.15) is 23.4 Å². The number of alkyl halides is 5. The van der Waals surface area contributed by atoms with E-state index in [1.54, 1.807) is 0 Å². The molecule has 0 aliphatic carbocycles. The Morgan fingerprint density at radius 2 is 1.79 bits per heavy atom. The van der Waals surface area contributed by atoms with Crippen LogP contribution >= 0.6 is 0 Å². The molecule has 0 radical (unpaired) electrons. The van der Waals surface area contributed by atoms with E-state index in [0.717, 1.165) is 12.1 Å². The molecule has 1 aromatic heterocycles. The molecule has 0 saturated heterocycles. The molecule has 0 fully saturated rings. The fourth-order valence-electron chi connectivity index (χ4n) is 0.971. The van der Waals surface area contributed by atoms with Crippen molar-refractivity contribution >= 4 is 0 Å². The van der Waals surface area contributed by atoms with Crippen LogP contribution in [0.25, 0.3) is 0 Å². The first-order valence-electron chi connectivity index (χ1n) is 3.65. The van der Waals surface area contributed by atoms with Crippen LogP contribution < -0.4 is 0 Å². The predicted octanol–water partition coefficient (Wildman–Crippen LogP) is 3.35. The Hall–Kier alpha value is -1.20. The highest BCUT2D eigenvalue weighted by molar-refractivity contribution is 5.26. The van der Waals surface area contributed by atoms with Gasteiger partial charge in [-0.15, -0.1) is 0 Å². The van der Waals surface area contributed by atoms with Crippen LogP contribution in [-0.4, -0.2) is 4.98 Å². The van der Waals surface area contributed by atoms with Crippen molar-refractivity contribution in [3.63, 3.8) is 0 Å². The molecule has 0 spiro atoms. The van der Waals surface area contributed by atoms with Gasteiger partial charge < -0.3 is 0 Å². The van der Waals surface area contributed by atoms with Gasteiger partial charge in [-0.3, -0.25) is 0 Å². The van der Waals surface area contributed by atoms with Gasteiger partial charge in [0.15, 0.2) is 5.69 Å². The lowest BCUT2D eigenvalue weighted by molar-refractivity contribution is -0.143. The SMILES string of the molecule is Cc1ccc(C(F)F)c(C(F)(F)F)n1. The molecule has 0 amide bonds. The molecule has 6 heteroatoms. The van der Waals surface area contributed by atoms with Gasteiger partial charge in [0.05, 0.1) is 0 Å². The van der Waals surface area contributed by atoms with Crippen molar-refractivity contribution in [1.29, 1.82) is 0 Å². The molecule has 78 valence electrons. The molecule has 14 heavy (non-hydrogen) atoms. The van der Waals surface area contributed by atoms with Crippen molar-refractivity contribution in [2.45, 2.75) is 19.5 Å². The highest BCUT2D eigenvalue weighted by Crippen LogP contribution is 2.34. The molecule has 1 nitrogen and oxygen atoms in total. The van der Waals surface area contributed by atoms with E-state index in [4.69, 9.17) is 0 Å². The molecule has 0 N–H and O–H groups in total. The second kappa shape index (κ2) is 3.51. The standard InChI is InChI=1S/C8H6F5N/c1-4-2-3-5(7(9)10)6(14-4)8(11,12)13/h2-3,7H,1H3. The Labute approximate surface area is 76.6 Å². The Morgan fingerprint density at radius 1 is 1.21 bits per heavy atom. The van der Waals surface area contributed by atoms with Gasteiger partial charge in [-0.1, -0.05) is 0 Å². The van der Waals surface area contributed by atoms with E-state index >= 15 is 0 Å².